The molecule has 1 aromatic heterocycles. The Morgan fingerprint density at radius 1 is 1.33 bits per heavy atom. The molecule has 0 bridgehead atoms. The number of hydrogen-bond donors (Lipinski definition) is 0. The second-order valence-corrected chi connectivity index (χ2v) is 7.87. The van der Waals surface area contributed by atoms with E-state index < -0.39 is 5.60 Å². The highest BCUT2D eigenvalue weighted by Crippen LogP contribution is 2.31. The Kier molecular flexibility index (Phi) is 4.55. The van der Waals surface area contributed by atoms with E-state index in [2.05, 4.69) is 21.0 Å². The Morgan fingerprint density at radius 3 is 2.62 bits per heavy atom. The van der Waals surface area contributed by atoms with Gasteiger partial charge in [-0.3, -0.25) is 4.68 Å². The molecule has 0 aliphatic carbocycles. The average Bonchev–Trinajstić information content (AvgIpc) is 2.94. The van der Waals surface area contributed by atoms with Crippen LogP contribution in [0.1, 0.15) is 39.7 Å². The number of carbonyl (C=O) groups is 1. The maximum atomic E-state index is 13.6. The van der Waals surface area contributed by atoms with Gasteiger partial charge in [0.2, 0.25) is 0 Å². The van der Waals surface area contributed by atoms with Crippen molar-refractivity contribution in [3.05, 3.63) is 28.6 Å². The van der Waals surface area contributed by atoms with Crippen molar-refractivity contribution < 1.29 is 13.9 Å². The maximum Gasteiger partial charge on any atom is 0.410 e. The zero-order valence-corrected chi connectivity index (χ0v) is 15.6. The number of piperidine rings is 1. The van der Waals surface area contributed by atoms with Gasteiger partial charge < -0.3 is 9.64 Å². The molecule has 0 radical (unpaired) electrons. The van der Waals surface area contributed by atoms with Crippen molar-refractivity contribution in [1.29, 1.82) is 0 Å². The third kappa shape index (κ3) is 3.41. The summed E-state index contributed by atoms with van der Waals surface area (Å²) in [6, 6.07) is 3.39. The number of amides is 1. The Morgan fingerprint density at radius 2 is 2.00 bits per heavy atom. The number of rotatable bonds is 1. The Hall–Kier alpha value is -1.63. The van der Waals surface area contributed by atoms with E-state index in [0.29, 0.717) is 17.6 Å². The van der Waals surface area contributed by atoms with Crippen LogP contribution in [0.15, 0.2) is 22.8 Å². The minimum atomic E-state index is -0.484. The smallest absolute Gasteiger partial charge is 0.410 e. The lowest BCUT2D eigenvalue weighted by atomic mass is 10.1. The number of benzene rings is 1. The van der Waals surface area contributed by atoms with Gasteiger partial charge in [0.15, 0.2) is 0 Å². The van der Waals surface area contributed by atoms with Crippen LogP contribution < -0.4 is 0 Å². The van der Waals surface area contributed by atoms with E-state index in [9.17, 15) is 9.18 Å². The molecule has 1 fully saturated rings. The fourth-order valence-electron chi connectivity index (χ4n) is 2.97. The first-order valence-corrected chi connectivity index (χ1v) is 8.85. The summed E-state index contributed by atoms with van der Waals surface area (Å²) in [7, 11) is 0. The summed E-state index contributed by atoms with van der Waals surface area (Å²) in [5.41, 5.74) is 0.418. The summed E-state index contributed by atoms with van der Waals surface area (Å²) in [6.07, 6.45) is 3.01. The summed E-state index contributed by atoms with van der Waals surface area (Å²) in [5, 5.41) is 5.20. The molecule has 1 saturated heterocycles. The number of nitrogens with zero attached hydrogens (tertiary/aromatic N) is 3. The third-order valence-electron chi connectivity index (χ3n) is 4.13. The van der Waals surface area contributed by atoms with Gasteiger partial charge in [0, 0.05) is 18.5 Å². The van der Waals surface area contributed by atoms with Crippen LogP contribution in [0.25, 0.3) is 10.9 Å². The van der Waals surface area contributed by atoms with Crippen LogP contribution in [0.5, 0.6) is 0 Å². The zero-order valence-electron chi connectivity index (χ0n) is 14.1. The fraction of sp³-hybridized carbons (Fsp3) is 0.529. The van der Waals surface area contributed by atoms with Gasteiger partial charge in [0.25, 0.3) is 0 Å². The predicted molar refractivity (Wildman–Crippen MR) is 93.5 cm³/mol. The Balaban J connectivity index is 1.71. The molecule has 7 heteroatoms. The monoisotopic (exact) mass is 397 g/mol. The fourth-order valence-corrected chi connectivity index (χ4v) is 3.41. The SMILES string of the molecule is CC(C)(C)OC(=O)N1CCC(n2ncc3c(Br)c(F)ccc32)CC1. The van der Waals surface area contributed by atoms with Crippen LogP contribution in [-0.4, -0.2) is 39.5 Å². The van der Waals surface area contributed by atoms with Crippen LogP contribution in [0.4, 0.5) is 9.18 Å². The van der Waals surface area contributed by atoms with Crippen molar-refractivity contribution in [2.24, 2.45) is 0 Å². The normalized spacial score (nSPS) is 16.6. The summed E-state index contributed by atoms with van der Waals surface area (Å²) in [4.78, 5) is 13.9. The number of aromatic nitrogens is 2. The second kappa shape index (κ2) is 6.35. The molecule has 0 saturated carbocycles. The molecule has 130 valence electrons. The molecule has 1 aromatic carbocycles. The molecule has 1 aliphatic heterocycles. The Labute approximate surface area is 148 Å². The first-order valence-electron chi connectivity index (χ1n) is 8.05. The highest BCUT2D eigenvalue weighted by atomic mass is 79.9. The number of likely N-dealkylation sites (tertiary alicyclic amines) is 1. The van der Waals surface area contributed by atoms with Gasteiger partial charge in [-0.1, -0.05) is 0 Å². The van der Waals surface area contributed by atoms with Crippen LogP contribution in [-0.2, 0) is 4.74 Å². The molecule has 2 heterocycles. The van der Waals surface area contributed by atoms with Gasteiger partial charge in [-0.05, 0) is 61.7 Å². The molecule has 0 atom stereocenters. The number of hydrogen-bond acceptors (Lipinski definition) is 3. The molecule has 2 aromatic rings. The van der Waals surface area contributed by atoms with E-state index in [4.69, 9.17) is 4.74 Å². The highest BCUT2D eigenvalue weighted by Gasteiger charge is 2.28. The van der Waals surface area contributed by atoms with Gasteiger partial charge in [0.05, 0.1) is 22.2 Å². The number of halogens is 2. The molecule has 1 amide bonds. The first kappa shape index (κ1) is 17.2. The van der Waals surface area contributed by atoms with Gasteiger partial charge in [0.1, 0.15) is 11.4 Å². The molecule has 5 nitrogen and oxygen atoms in total. The number of ether oxygens (including phenoxy) is 1. The molecule has 0 spiro atoms. The van der Waals surface area contributed by atoms with Gasteiger partial charge >= 0.3 is 6.09 Å². The average molecular weight is 398 g/mol. The lowest BCUT2D eigenvalue weighted by molar-refractivity contribution is 0.0186. The van der Waals surface area contributed by atoms with Crippen molar-refractivity contribution >= 4 is 32.9 Å². The van der Waals surface area contributed by atoms with Crippen molar-refractivity contribution in [3.63, 3.8) is 0 Å². The molecular formula is C17H21BrFN3O2. The van der Waals surface area contributed by atoms with Crippen molar-refractivity contribution in [2.45, 2.75) is 45.3 Å². The zero-order chi connectivity index (χ0) is 17.5. The summed E-state index contributed by atoms with van der Waals surface area (Å²) in [6.45, 7) is 6.85. The Bertz CT molecular complexity index is 761. The van der Waals surface area contributed by atoms with Crippen LogP contribution in [0.3, 0.4) is 0 Å². The molecule has 0 N–H and O–H groups in total. The lowest BCUT2D eigenvalue weighted by Crippen LogP contribution is -2.42. The van der Waals surface area contributed by atoms with Crippen molar-refractivity contribution in [1.82, 2.24) is 14.7 Å². The lowest BCUT2D eigenvalue weighted by Gasteiger charge is -2.33. The molecule has 0 unspecified atom stereocenters. The van der Waals surface area contributed by atoms with E-state index >= 15 is 0 Å². The van der Waals surface area contributed by atoms with E-state index in [0.717, 1.165) is 23.7 Å². The quantitative estimate of drug-likeness (QED) is 0.710. The van der Waals surface area contributed by atoms with E-state index in [-0.39, 0.29) is 18.0 Å². The van der Waals surface area contributed by atoms with Crippen LogP contribution >= 0.6 is 15.9 Å². The molecule has 3 rings (SSSR count). The second-order valence-electron chi connectivity index (χ2n) is 7.08. The maximum absolute atomic E-state index is 13.6. The minimum absolute atomic E-state index is 0.193. The van der Waals surface area contributed by atoms with Crippen LogP contribution in [0.2, 0.25) is 0 Å². The third-order valence-corrected chi connectivity index (χ3v) is 4.94. The standard InChI is InChI=1S/C17H21BrFN3O2/c1-17(2,3)24-16(23)21-8-6-11(7-9-21)22-14-5-4-13(19)15(18)12(14)10-20-22/h4-5,10-11H,6-9H2,1-3H3. The summed E-state index contributed by atoms with van der Waals surface area (Å²) < 4.78 is 21.4. The molecular weight excluding hydrogens is 377 g/mol. The van der Waals surface area contributed by atoms with Gasteiger partial charge in [-0.25, -0.2) is 9.18 Å². The van der Waals surface area contributed by atoms with E-state index in [1.807, 2.05) is 25.5 Å². The molecule has 24 heavy (non-hydrogen) atoms. The number of carbonyl (C=O) groups excluding carboxylic acids is 1. The minimum Gasteiger partial charge on any atom is -0.444 e. The highest BCUT2D eigenvalue weighted by molar-refractivity contribution is 9.10. The largest absolute Gasteiger partial charge is 0.444 e. The predicted octanol–water partition coefficient (Wildman–Crippen LogP) is 4.51. The van der Waals surface area contributed by atoms with Gasteiger partial charge in [-0.15, -0.1) is 0 Å². The van der Waals surface area contributed by atoms with Crippen LogP contribution in [0, 0.1) is 5.82 Å². The van der Waals surface area contributed by atoms with E-state index in [1.54, 1.807) is 17.2 Å². The van der Waals surface area contributed by atoms with Crippen molar-refractivity contribution in [3.8, 4) is 0 Å². The van der Waals surface area contributed by atoms with Gasteiger partial charge in [-0.2, -0.15) is 5.10 Å². The van der Waals surface area contributed by atoms with Crippen molar-refractivity contribution in [2.75, 3.05) is 13.1 Å². The van der Waals surface area contributed by atoms with E-state index in [1.165, 1.54) is 6.07 Å². The summed E-state index contributed by atoms with van der Waals surface area (Å²) >= 11 is 3.28. The number of fused-ring (bicyclic) bond motifs is 1. The topological polar surface area (TPSA) is 47.4 Å². The summed E-state index contributed by atoms with van der Waals surface area (Å²) in [5.74, 6) is -0.290. The molecule has 1 aliphatic rings. The first-order chi connectivity index (χ1) is 11.3.